The van der Waals surface area contributed by atoms with Crippen LogP contribution in [0.2, 0.25) is 0 Å². The second kappa shape index (κ2) is 3.39. The maximum Gasteiger partial charge on any atom is 0.148 e. The molecular weight excluding hydrogens is 136 g/mol. The second-order valence-corrected chi connectivity index (χ2v) is 3.40. The van der Waals surface area contributed by atoms with Crippen molar-refractivity contribution >= 4 is 0 Å². The molecule has 2 heteroatoms. The predicted octanol–water partition coefficient (Wildman–Crippen LogP) is 2.33. The zero-order chi connectivity index (χ0) is 9.07. The SMILES string of the molecule is CC(C)C(C#N)(C#N)C(C)C. The van der Waals surface area contributed by atoms with Crippen LogP contribution in [0.5, 0.6) is 0 Å². The summed E-state index contributed by atoms with van der Waals surface area (Å²) in [4.78, 5) is 0. The van der Waals surface area contributed by atoms with Gasteiger partial charge in [-0.3, -0.25) is 0 Å². The first-order chi connectivity index (χ1) is 5.01. The number of rotatable bonds is 2. The van der Waals surface area contributed by atoms with E-state index in [2.05, 4.69) is 12.1 Å². The molecule has 11 heavy (non-hydrogen) atoms. The average molecular weight is 150 g/mol. The van der Waals surface area contributed by atoms with E-state index in [-0.39, 0.29) is 11.8 Å². The Labute approximate surface area is 68.4 Å². The van der Waals surface area contributed by atoms with E-state index in [0.29, 0.717) is 0 Å². The molecule has 0 rings (SSSR count). The van der Waals surface area contributed by atoms with Gasteiger partial charge in [0.25, 0.3) is 0 Å². The van der Waals surface area contributed by atoms with Crippen molar-refractivity contribution in [2.45, 2.75) is 27.7 Å². The fraction of sp³-hybridized carbons (Fsp3) is 0.778. The van der Waals surface area contributed by atoms with Crippen LogP contribution in [-0.4, -0.2) is 0 Å². The summed E-state index contributed by atoms with van der Waals surface area (Å²) >= 11 is 0. The largest absolute Gasteiger partial charge is 0.197 e. The van der Waals surface area contributed by atoms with Crippen LogP contribution < -0.4 is 0 Å². The molecule has 0 aliphatic rings. The lowest BCUT2D eigenvalue weighted by molar-refractivity contribution is 0.270. The van der Waals surface area contributed by atoms with Crippen molar-refractivity contribution in [3.05, 3.63) is 0 Å². The molecule has 60 valence electrons. The first kappa shape index (κ1) is 9.98. The molecule has 0 aliphatic carbocycles. The molecule has 0 unspecified atom stereocenters. The van der Waals surface area contributed by atoms with Gasteiger partial charge in [-0.2, -0.15) is 10.5 Å². The molecule has 0 aromatic carbocycles. The molecule has 2 nitrogen and oxygen atoms in total. The van der Waals surface area contributed by atoms with Crippen LogP contribution in [0.25, 0.3) is 0 Å². The highest BCUT2D eigenvalue weighted by molar-refractivity contribution is 5.16. The first-order valence-corrected chi connectivity index (χ1v) is 3.83. The smallest absolute Gasteiger partial charge is 0.148 e. The Morgan fingerprint density at radius 1 is 0.909 bits per heavy atom. The van der Waals surface area contributed by atoms with Crippen LogP contribution in [0.15, 0.2) is 0 Å². The summed E-state index contributed by atoms with van der Waals surface area (Å²) in [5.41, 5.74) is -0.806. The zero-order valence-corrected chi connectivity index (χ0v) is 7.55. The van der Waals surface area contributed by atoms with Gasteiger partial charge in [0.1, 0.15) is 5.41 Å². The van der Waals surface area contributed by atoms with Crippen LogP contribution in [0.3, 0.4) is 0 Å². The van der Waals surface area contributed by atoms with Crippen molar-refractivity contribution in [1.29, 1.82) is 10.5 Å². The molecule has 0 atom stereocenters. The number of hydrogen-bond acceptors (Lipinski definition) is 2. The molecule has 0 heterocycles. The summed E-state index contributed by atoms with van der Waals surface area (Å²) < 4.78 is 0. The summed E-state index contributed by atoms with van der Waals surface area (Å²) in [5.74, 6) is 0.190. The van der Waals surface area contributed by atoms with Gasteiger partial charge in [0.2, 0.25) is 0 Å². The minimum absolute atomic E-state index is 0.0949. The van der Waals surface area contributed by atoms with E-state index in [4.69, 9.17) is 10.5 Å². The second-order valence-electron chi connectivity index (χ2n) is 3.40. The molecule has 0 amide bonds. The van der Waals surface area contributed by atoms with Gasteiger partial charge in [-0.15, -0.1) is 0 Å². The summed E-state index contributed by atoms with van der Waals surface area (Å²) in [7, 11) is 0. The van der Waals surface area contributed by atoms with E-state index in [1.165, 1.54) is 0 Å². The zero-order valence-electron chi connectivity index (χ0n) is 7.55. The third-order valence-corrected chi connectivity index (χ3v) is 2.19. The lowest BCUT2D eigenvalue weighted by Crippen LogP contribution is -2.29. The minimum atomic E-state index is -0.806. The van der Waals surface area contributed by atoms with Crippen LogP contribution >= 0.6 is 0 Å². The van der Waals surface area contributed by atoms with E-state index in [0.717, 1.165) is 0 Å². The van der Waals surface area contributed by atoms with Crippen LogP contribution in [0.1, 0.15) is 27.7 Å². The molecule has 0 radical (unpaired) electrons. The third kappa shape index (κ3) is 1.52. The van der Waals surface area contributed by atoms with Crippen molar-refractivity contribution in [2.75, 3.05) is 0 Å². The quantitative estimate of drug-likeness (QED) is 0.606. The summed E-state index contributed by atoms with van der Waals surface area (Å²) in [6.07, 6.45) is 0. The molecule has 0 N–H and O–H groups in total. The van der Waals surface area contributed by atoms with E-state index in [1.54, 1.807) is 0 Å². The Kier molecular flexibility index (Phi) is 3.08. The van der Waals surface area contributed by atoms with Crippen LogP contribution in [0, 0.1) is 39.9 Å². The van der Waals surface area contributed by atoms with Gasteiger partial charge in [-0.25, -0.2) is 0 Å². The summed E-state index contributed by atoms with van der Waals surface area (Å²) in [5, 5.41) is 17.7. The lowest BCUT2D eigenvalue weighted by Gasteiger charge is -2.26. The van der Waals surface area contributed by atoms with E-state index < -0.39 is 5.41 Å². The van der Waals surface area contributed by atoms with Gasteiger partial charge in [-0.1, -0.05) is 27.7 Å². The molecule has 0 aromatic heterocycles. The van der Waals surface area contributed by atoms with Crippen LogP contribution in [-0.2, 0) is 0 Å². The highest BCUT2D eigenvalue weighted by Gasteiger charge is 2.37. The Morgan fingerprint density at radius 2 is 1.18 bits per heavy atom. The predicted molar refractivity (Wildman–Crippen MR) is 43.3 cm³/mol. The molecule has 0 aromatic rings. The van der Waals surface area contributed by atoms with Crippen molar-refractivity contribution < 1.29 is 0 Å². The maximum absolute atomic E-state index is 8.84. The Bertz CT molecular complexity index is 179. The number of hydrogen-bond donors (Lipinski definition) is 0. The van der Waals surface area contributed by atoms with E-state index in [1.807, 2.05) is 27.7 Å². The lowest BCUT2D eigenvalue weighted by atomic mass is 9.71. The van der Waals surface area contributed by atoms with Gasteiger partial charge in [0.15, 0.2) is 0 Å². The molecule has 0 fully saturated rings. The Hall–Kier alpha value is -1.02. The molecule has 0 aliphatic heterocycles. The van der Waals surface area contributed by atoms with Crippen molar-refractivity contribution in [1.82, 2.24) is 0 Å². The Morgan fingerprint density at radius 3 is 1.18 bits per heavy atom. The van der Waals surface area contributed by atoms with Gasteiger partial charge in [0, 0.05) is 0 Å². The molecule has 0 saturated heterocycles. The number of nitriles is 2. The monoisotopic (exact) mass is 150 g/mol. The molecule has 0 bridgehead atoms. The fourth-order valence-electron chi connectivity index (χ4n) is 1.21. The van der Waals surface area contributed by atoms with Gasteiger partial charge in [0.05, 0.1) is 12.1 Å². The third-order valence-electron chi connectivity index (χ3n) is 2.19. The summed E-state index contributed by atoms with van der Waals surface area (Å²) in [6, 6.07) is 4.21. The van der Waals surface area contributed by atoms with E-state index >= 15 is 0 Å². The van der Waals surface area contributed by atoms with Gasteiger partial charge >= 0.3 is 0 Å². The van der Waals surface area contributed by atoms with Gasteiger partial charge < -0.3 is 0 Å². The van der Waals surface area contributed by atoms with Crippen molar-refractivity contribution in [2.24, 2.45) is 17.3 Å². The minimum Gasteiger partial charge on any atom is -0.197 e. The van der Waals surface area contributed by atoms with Crippen molar-refractivity contribution in [3.63, 3.8) is 0 Å². The maximum atomic E-state index is 8.84. The average Bonchev–Trinajstić information content (AvgIpc) is 1.90. The first-order valence-electron chi connectivity index (χ1n) is 3.83. The molecule has 0 saturated carbocycles. The topological polar surface area (TPSA) is 47.6 Å². The van der Waals surface area contributed by atoms with Crippen LogP contribution in [0.4, 0.5) is 0 Å². The molecular formula is C9H14N2. The highest BCUT2D eigenvalue weighted by Crippen LogP contribution is 2.33. The normalized spacial score (nSPS) is 11.3. The summed E-state index contributed by atoms with van der Waals surface area (Å²) in [6.45, 7) is 7.64. The van der Waals surface area contributed by atoms with Gasteiger partial charge in [-0.05, 0) is 11.8 Å². The fourth-order valence-corrected chi connectivity index (χ4v) is 1.21. The Balaban J connectivity index is 4.85. The standard InChI is InChI=1S/C9H14N2/c1-7(2)9(5-10,6-11)8(3)4/h7-8H,1-4H3. The van der Waals surface area contributed by atoms with Crippen molar-refractivity contribution in [3.8, 4) is 12.1 Å². The highest BCUT2D eigenvalue weighted by atomic mass is 14.5. The van der Waals surface area contributed by atoms with E-state index in [9.17, 15) is 0 Å². The number of nitrogens with zero attached hydrogens (tertiary/aromatic N) is 2. The molecule has 0 spiro atoms.